The van der Waals surface area contributed by atoms with E-state index in [-0.39, 0.29) is 5.78 Å². The molecule has 0 aliphatic rings. The molecular formula is C16H10N2OS. The third-order valence-electron chi connectivity index (χ3n) is 3.01. The molecule has 0 spiro atoms. The number of Topliss-reactive ketones (excluding diaryl/α,β-unsaturated/α-hetero) is 1. The van der Waals surface area contributed by atoms with Gasteiger partial charge in [0.05, 0.1) is 16.3 Å². The number of ketones is 1. The normalized spacial score (nSPS) is 11.9. The average Bonchev–Trinajstić information content (AvgIpc) is 2.92. The molecule has 3 nitrogen and oxygen atoms in total. The lowest BCUT2D eigenvalue weighted by molar-refractivity contribution is 0.0979. The number of fused-ring (bicyclic) bond motifs is 1. The van der Waals surface area contributed by atoms with Gasteiger partial charge in [-0.2, -0.15) is 5.26 Å². The van der Waals surface area contributed by atoms with E-state index in [1.54, 1.807) is 24.3 Å². The summed E-state index contributed by atoms with van der Waals surface area (Å²) in [7, 11) is 0. The largest absolute Gasteiger partial charge is 0.292 e. The van der Waals surface area contributed by atoms with E-state index < -0.39 is 5.92 Å². The van der Waals surface area contributed by atoms with Crippen molar-refractivity contribution < 1.29 is 4.79 Å². The summed E-state index contributed by atoms with van der Waals surface area (Å²) in [6.07, 6.45) is 0. The molecule has 20 heavy (non-hydrogen) atoms. The monoisotopic (exact) mass is 278 g/mol. The van der Waals surface area contributed by atoms with Crippen molar-refractivity contribution in [3.8, 4) is 6.07 Å². The summed E-state index contributed by atoms with van der Waals surface area (Å²) in [5, 5.41) is 9.89. The Hall–Kier alpha value is -2.51. The molecule has 1 heterocycles. The summed E-state index contributed by atoms with van der Waals surface area (Å²) in [6.45, 7) is 0. The van der Waals surface area contributed by atoms with Gasteiger partial charge in [0, 0.05) is 5.56 Å². The standard InChI is InChI=1S/C16H10N2OS/c17-10-12(15(19)11-6-2-1-3-7-11)16-18-13-8-4-5-9-14(13)20-16/h1-9,12H/t12-/m1/s1. The van der Waals surface area contributed by atoms with Gasteiger partial charge in [-0.25, -0.2) is 4.98 Å². The number of hydrogen-bond acceptors (Lipinski definition) is 4. The number of carbonyl (C=O) groups excluding carboxylic acids is 1. The number of rotatable bonds is 3. The van der Waals surface area contributed by atoms with E-state index in [2.05, 4.69) is 11.1 Å². The van der Waals surface area contributed by atoms with Crippen molar-refractivity contribution in [2.24, 2.45) is 0 Å². The average molecular weight is 278 g/mol. The van der Waals surface area contributed by atoms with Crippen LogP contribution in [0.3, 0.4) is 0 Å². The number of carbonyl (C=O) groups is 1. The summed E-state index contributed by atoms with van der Waals surface area (Å²) >= 11 is 1.40. The molecule has 0 N–H and O–H groups in total. The van der Waals surface area contributed by atoms with Gasteiger partial charge in [-0.15, -0.1) is 11.3 Å². The summed E-state index contributed by atoms with van der Waals surface area (Å²) in [4.78, 5) is 16.8. The predicted molar refractivity (Wildman–Crippen MR) is 78.7 cm³/mol. The quantitative estimate of drug-likeness (QED) is 0.685. The second kappa shape index (κ2) is 5.24. The zero-order valence-corrected chi connectivity index (χ0v) is 11.3. The molecule has 1 atom stereocenters. The maximum Gasteiger partial charge on any atom is 0.186 e. The summed E-state index contributed by atoms with van der Waals surface area (Å²) in [5.74, 6) is -1.04. The SMILES string of the molecule is N#C[C@H](C(=O)c1ccccc1)c1nc2ccccc2s1. The summed E-state index contributed by atoms with van der Waals surface area (Å²) in [5.41, 5.74) is 1.37. The maximum absolute atomic E-state index is 12.4. The second-order valence-corrected chi connectivity index (χ2v) is 5.37. The molecule has 0 unspecified atom stereocenters. The zero-order chi connectivity index (χ0) is 13.9. The van der Waals surface area contributed by atoms with Gasteiger partial charge >= 0.3 is 0 Å². The Morgan fingerprint density at radius 3 is 2.50 bits per heavy atom. The van der Waals surface area contributed by atoms with Crippen LogP contribution >= 0.6 is 11.3 Å². The third kappa shape index (κ3) is 2.20. The fraction of sp³-hybridized carbons (Fsp3) is 0.0625. The van der Waals surface area contributed by atoms with Crippen molar-refractivity contribution in [2.75, 3.05) is 0 Å². The fourth-order valence-electron chi connectivity index (χ4n) is 2.01. The van der Waals surface area contributed by atoms with Gasteiger partial charge in [0.15, 0.2) is 11.7 Å². The van der Waals surface area contributed by atoms with Crippen LogP contribution in [0.4, 0.5) is 0 Å². The van der Waals surface area contributed by atoms with Crippen molar-refractivity contribution in [2.45, 2.75) is 5.92 Å². The van der Waals surface area contributed by atoms with Crippen molar-refractivity contribution >= 4 is 27.3 Å². The first kappa shape index (κ1) is 12.5. The van der Waals surface area contributed by atoms with Crippen LogP contribution in [-0.4, -0.2) is 10.8 Å². The van der Waals surface area contributed by atoms with E-state index in [1.165, 1.54) is 11.3 Å². The van der Waals surface area contributed by atoms with E-state index in [0.29, 0.717) is 10.6 Å². The molecule has 0 bridgehead atoms. The highest BCUT2D eigenvalue weighted by Crippen LogP contribution is 2.29. The Morgan fingerprint density at radius 2 is 1.80 bits per heavy atom. The molecule has 2 aromatic carbocycles. The van der Waals surface area contributed by atoms with Crippen LogP contribution in [0.2, 0.25) is 0 Å². The minimum Gasteiger partial charge on any atom is -0.292 e. The summed E-state index contributed by atoms with van der Waals surface area (Å²) in [6, 6.07) is 18.6. The van der Waals surface area contributed by atoms with Crippen LogP contribution < -0.4 is 0 Å². The number of nitriles is 1. The highest BCUT2D eigenvalue weighted by atomic mass is 32.1. The minimum absolute atomic E-state index is 0.202. The molecule has 0 amide bonds. The molecule has 0 radical (unpaired) electrons. The summed E-state index contributed by atoms with van der Waals surface area (Å²) < 4.78 is 0.989. The number of hydrogen-bond donors (Lipinski definition) is 0. The fourth-order valence-corrected chi connectivity index (χ4v) is 3.02. The molecule has 0 fully saturated rings. The molecular weight excluding hydrogens is 268 g/mol. The van der Waals surface area contributed by atoms with Crippen molar-refractivity contribution in [3.63, 3.8) is 0 Å². The Bertz CT molecular complexity index is 769. The number of benzene rings is 2. The topological polar surface area (TPSA) is 53.8 Å². The van der Waals surface area contributed by atoms with Crippen LogP contribution in [0.5, 0.6) is 0 Å². The van der Waals surface area contributed by atoms with Gasteiger partial charge in [0.25, 0.3) is 0 Å². The molecule has 1 aromatic heterocycles. The molecule has 3 aromatic rings. The van der Waals surface area contributed by atoms with Gasteiger partial charge in [-0.05, 0) is 12.1 Å². The second-order valence-electron chi connectivity index (χ2n) is 4.31. The Labute approximate surface area is 120 Å². The van der Waals surface area contributed by atoms with Crippen LogP contribution in [0, 0.1) is 11.3 Å². The first-order valence-corrected chi connectivity index (χ1v) is 6.95. The molecule has 0 aliphatic heterocycles. The lowest BCUT2D eigenvalue weighted by Gasteiger charge is -2.04. The molecule has 96 valence electrons. The Balaban J connectivity index is 2.02. The van der Waals surface area contributed by atoms with E-state index in [0.717, 1.165) is 10.2 Å². The molecule has 3 rings (SSSR count). The number of aromatic nitrogens is 1. The van der Waals surface area contributed by atoms with E-state index in [4.69, 9.17) is 0 Å². The highest BCUT2D eigenvalue weighted by Gasteiger charge is 2.25. The van der Waals surface area contributed by atoms with E-state index in [1.807, 2.05) is 30.3 Å². The van der Waals surface area contributed by atoms with E-state index >= 15 is 0 Å². The molecule has 0 aliphatic carbocycles. The Kier molecular flexibility index (Phi) is 3.28. The van der Waals surface area contributed by atoms with Crippen LogP contribution in [-0.2, 0) is 0 Å². The van der Waals surface area contributed by atoms with Gasteiger partial charge in [-0.1, -0.05) is 42.5 Å². The minimum atomic E-state index is -0.838. The molecule has 4 heteroatoms. The van der Waals surface area contributed by atoms with E-state index in [9.17, 15) is 10.1 Å². The van der Waals surface area contributed by atoms with Gasteiger partial charge in [-0.3, -0.25) is 4.79 Å². The van der Waals surface area contributed by atoms with Crippen LogP contribution in [0.15, 0.2) is 54.6 Å². The molecule has 0 saturated carbocycles. The van der Waals surface area contributed by atoms with Gasteiger partial charge in [0.2, 0.25) is 0 Å². The lowest BCUT2D eigenvalue weighted by Crippen LogP contribution is -2.10. The predicted octanol–water partition coefficient (Wildman–Crippen LogP) is 3.79. The van der Waals surface area contributed by atoms with Crippen LogP contribution in [0.25, 0.3) is 10.2 Å². The Morgan fingerprint density at radius 1 is 1.10 bits per heavy atom. The van der Waals surface area contributed by atoms with Crippen molar-refractivity contribution in [1.82, 2.24) is 4.98 Å². The first-order chi connectivity index (χ1) is 9.79. The third-order valence-corrected chi connectivity index (χ3v) is 4.11. The first-order valence-electron chi connectivity index (χ1n) is 6.14. The van der Waals surface area contributed by atoms with Crippen molar-refractivity contribution in [1.29, 1.82) is 5.26 Å². The van der Waals surface area contributed by atoms with Crippen LogP contribution in [0.1, 0.15) is 21.3 Å². The van der Waals surface area contributed by atoms with Gasteiger partial charge < -0.3 is 0 Å². The highest BCUT2D eigenvalue weighted by molar-refractivity contribution is 7.18. The molecule has 0 saturated heterocycles. The number of para-hydroxylation sites is 1. The van der Waals surface area contributed by atoms with Gasteiger partial charge in [0.1, 0.15) is 5.01 Å². The maximum atomic E-state index is 12.4. The smallest absolute Gasteiger partial charge is 0.186 e. The number of thiazole rings is 1. The number of nitrogens with zero attached hydrogens (tertiary/aromatic N) is 2. The zero-order valence-electron chi connectivity index (χ0n) is 10.5. The van der Waals surface area contributed by atoms with Crippen molar-refractivity contribution in [3.05, 3.63) is 65.2 Å². The lowest BCUT2D eigenvalue weighted by atomic mass is 9.99.